The van der Waals surface area contributed by atoms with Gasteiger partial charge in [0, 0.05) is 12.2 Å². The van der Waals surface area contributed by atoms with Crippen LogP contribution in [-0.2, 0) is 0 Å². The van der Waals surface area contributed by atoms with E-state index in [0.717, 1.165) is 11.1 Å². The first-order chi connectivity index (χ1) is 9.68. The Hall–Kier alpha value is -2.10. The summed E-state index contributed by atoms with van der Waals surface area (Å²) in [5, 5.41) is 13.9. The van der Waals surface area contributed by atoms with E-state index in [9.17, 15) is 5.11 Å². The number of nitrogens with two attached hydrogens (primary N) is 1. The summed E-state index contributed by atoms with van der Waals surface area (Å²) in [4.78, 5) is 0. The Bertz CT molecular complexity index is 539. The second-order valence-corrected chi connectivity index (χ2v) is 4.78. The highest BCUT2D eigenvalue weighted by Gasteiger charge is 2.21. The lowest BCUT2D eigenvalue weighted by atomic mass is 9.96. The van der Waals surface area contributed by atoms with E-state index >= 15 is 0 Å². The van der Waals surface area contributed by atoms with Crippen LogP contribution in [0.25, 0.3) is 0 Å². The van der Waals surface area contributed by atoms with E-state index in [1.54, 1.807) is 0 Å². The fourth-order valence-electron chi connectivity index (χ4n) is 2.16. The number of nitrogens with one attached hydrogen (secondary N) is 1. The molecule has 0 aliphatic carbocycles. The Morgan fingerprint density at radius 2 is 1.50 bits per heavy atom. The highest BCUT2D eigenvalue weighted by Crippen LogP contribution is 2.28. The molecule has 2 aromatic carbocycles. The first-order valence-electron chi connectivity index (χ1n) is 6.63. The molecule has 0 aliphatic heterocycles. The lowest BCUT2D eigenvalue weighted by Gasteiger charge is -2.25. The van der Waals surface area contributed by atoms with Crippen LogP contribution in [0.15, 0.2) is 72.9 Å². The number of benzene rings is 2. The van der Waals surface area contributed by atoms with Gasteiger partial charge in [-0.3, -0.25) is 0 Å². The zero-order valence-electron chi connectivity index (χ0n) is 11.4. The van der Waals surface area contributed by atoms with Crippen molar-refractivity contribution < 1.29 is 5.11 Å². The molecule has 20 heavy (non-hydrogen) atoms. The molecule has 3 heteroatoms. The molecule has 0 bridgehead atoms. The summed E-state index contributed by atoms with van der Waals surface area (Å²) in [6.07, 6.45) is -0.641. The molecule has 0 aromatic heterocycles. The first-order valence-corrected chi connectivity index (χ1v) is 6.63. The third-order valence-corrected chi connectivity index (χ3v) is 3.16. The Balaban J connectivity index is 2.24. The van der Waals surface area contributed by atoms with Crippen molar-refractivity contribution in [2.24, 2.45) is 5.73 Å². The van der Waals surface area contributed by atoms with Gasteiger partial charge in [0.2, 0.25) is 0 Å². The molecule has 3 nitrogen and oxygen atoms in total. The average Bonchev–Trinajstić information content (AvgIpc) is 2.49. The van der Waals surface area contributed by atoms with Gasteiger partial charge >= 0.3 is 0 Å². The second-order valence-electron chi connectivity index (χ2n) is 4.78. The van der Waals surface area contributed by atoms with Gasteiger partial charge in [0.1, 0.15) is 0 Å². The van der Waals surface area contributed by atoms with E-state index in [4.69, 9.17) is 5.73 Å². The molecule has 4 N–H and O–H groups in total. The van der Waals surface area contributed by atoms with Crippen LogP contribution < -0.4 is 11.1 Å². The summed E-state index contributed by atoms with van der Waals surface area (Å²) >= 11 is 0. The van der Waals surface area contributed by atoms with Crippen molar-refractivity contribution in [3.8, 4) is 0 Å². The van der Waals surface area contributed by atoms with E-state index < -0.39 is 6.10 Å². The van der Waals surface area contributed by atoms with Crippen LogP contribution in [-0.4, -0.2) is 11.7 Å². The van der Waals surface area contributed by atoms with Gasteiger partial charge in [0.25, 0.3) is 0 Å². The summed E-state index contributed by atoms with van der Waals surface area (Å²) in [7, 11) is 0. The van der Waals surface area contributed by atoms with Crippen molar-refractivity contribution in [3.05, 3.63) is 84.1 Å². The Kier molecular flexibility index (Phi) is 4.93. The van der Waals surface area contributed by atoms with Crippen molar-refractivity contribution in [1.29, 1.82) is 0 Å². The zero-order valence-corrected chi connectivity index (χ0v) is 11.4. The van der Waals surface area contributed by atoms with Crippen molar-refractivity contribution in [3.63, 3.8) is 0 Å². The predicted molar refractivity (Wildman–Crippen MR) is 81.9 cm³/mol. The molecule has 0 amide bonds. The molecular formula is C17H20N2O. The topological polar surface area (TPSA) is 58.3 Å². The standard InChI is InChI=1S/C17H20N2O/c1-13(18)12-19-16(14-8-4-2-5-9-14)17(20)15-10-6-3-7-11-15/h2-11,16-17,19-20H,1,12,18H2. The SMILES string of the molecule is C=C(N)CNC(c1ccccc1)C(O)c1ccccc1. The third-order valence-electron chi connectivity index (χ3n) is 3.16. The number of hydrogen-bond acceptors (Lipinski definition) is 3. The predicted octanol–water partition coefficient (Wildman–Crippen LogP) is 2.52. The van der Waals surface area contributed by atoms with Crippen LogP contribution in [0.4, 0.5) is 0 Å². The minimum Gasteiger partial charge on any atom is -0.401 e. The quantitative estimate of drug-likeness (QED) is 0.754. The van der Waals surface area contributed by atoms with Crippen LogP contribution in [0.2, 0.25) is 0 Å². The van der Waals surface area contributed by atoms with Crippen molar-refractivity contribution >= 4 is 0 Å². The molecular weight excluding hydrogens is 248 g/mol. The van der Waals surface area contributed by atoms with Crippen molar-refractivity contribution in [2.45, 2.75) is 12.1 Å². The monoisotopic (exact) mass is 268 g/mol. The second kappa shape index (κ2) is 6.89. The van der Waals surface area contributed by atoms with Gasteiger partial charge in [-0.1, -0.05) is 67.2 Å². The number of aliphatic hydroxyl groups is 1. The van der Waals surface area contributed by atoms with E-state index in [-0.39, 0.29) is 6.04 Å². The maximum absolute atomic E-state index is 10.6. The highest BCUT2D eigenvalue weighted by molar-refractivity contribution is 5.26. The molecule has 104 valence electrons. The fourth-order valence-corrected chi connectivity index (χ4v) is 2.16. The van der Waals surface area contributed by atoms with Gasteiger partial charge in [-0.05, 0) is 11.1 Å². The smallest absolute Gasteiger partial charge is 0.0984 e. The molecule has 0 heterocycles. The maximum atomic E-state index is 10.6. The van der Waals surface area contributed by atoms with E-state index in [1.807, 2.05) is 60.7 Å². The van der Waals surface area contributed by atoms with Crippen LogP contribution in [0.5, 0.6) is 0 Å². The van der Waals surface area contributed by atoms with Gasteiger partial charge in [-0.15, -0.1) is 0 Å². The third kappa shape index (κ3) is 3.70. The fraction of sp³-hybridized carbons (Fsp3) is 0.176. The molecule has 2 atom stereocenters. The van der Waals surface area contributed by atoms with Crippen molar-refractivity contribution in [1.82, 2.24) is 5.32 Å². The molecule has 0 aliphatic rings. The number of rotatable bonds is 6. The first kappa shape index (κ1) is 14.3. The minimum absolute atomic E-state index is 0.223. The summed E-state index contributed by atoms with van der Waals surface area (Å²) in [6.45, 7) is 4.15. The summed E-state index contributed by atoms with van der Waals surface area (Å²) in [6, 6.07) is 19.2. The maximum Gasteiger partial charge on any atom is 0.0984 e. The van der Waals surface area contributed by atoms with Crippen LogP contribution in [0.3, 0.4) is 0 Å². The average molecular weight is 268 g/mol. The summed E-state index contributed by atoms with van der Waals surface area (Å²) < 4.78 is 0. The minimum atomic E-state index is -0.641. The van der Waals surface area contributed by atoms with Crippen molar-refractivity contribution in [2.75, 3.05) is 6.54 Å². The molecule has 2 rings (SSSR count). The van der Waals surface area contributed by atoms with Gasteiger partial charge in [-0.2, -0.15) is 0 Å². The molecule has 0 fully saturated rings. The zero-order chi connectivity index (χ0) is 14.4. The Morgan fingerprint density at radius 3 is 2.00 bits per heavy atom. The van der Waals surface area contributed by atoms with Gasteiger partial charge in [0.05, 0.1) is 12.1 Å². The number of aliphatic hydroxyl groups excluding tert-OH is 1. The van der Waals surface area contributed by atoms with E-state index in [2.05, 4.69) is 11.9 Å². The summed E-state index contributed by atoms with van der Waals surface area (Å²) in [5.41, 5.74) is 8.06. The highest BCUT2D eigenvalue weighted by atomic mass is 16.3. The molecule has 2 unspecified atom stereocenters. The van der Waals surface area contributed by atoms with E-state index in [0.29, 0.717) is 12.2 Å². The molecule has 0 saturated carbocycles. The van der Waals surface area contributed by atoms with Crippen LogP contribution in [0, 0.1) is 0 Å². The summed E-state index contributed by atoms with van der Waals surface area (Å²) in [5.74, 6) is 0. The molecule has 0 saturated heterocycles. The Morgan fingerprint density at radius 1 is 1.00 bits per heavy atom. The van der Waals surface area contributed by atoms with Gasteiger partial charge < -0.3 is 16.2 Å². The number of hydrogen-bond donors (Lipinski definition) is 3. The van der Waals surface area contributed by atoms with Gasteiger partial charge in [0.15, 0.2) is 0 Å². The van der Waals surface area contributed by atoms with Gasteiger partial charge in [-0.25, -0.2) is 0 Å². The van der Waals surface area contributed by atoms with Crippen LogP contribution in [0.1, 0.15) is 23.3 Å². The molecule has 0 spiro atoms. The Labute approximate surface area is 119 Å². The van der Waals surface area contributed by atoms with Crippen LogP contribution >= 0.6 is 0 Å². The lowest BCUT2D eigenvalue weighted by Crippen LogP contribution is -2.30. The molecule has 2 aromatic rings. The normalized spacial score (nSPS) is 13.7. The molecule has 0 radical (unpaired) electrons. The largest absolute Gasteiger partial charge is 0.401 e. The van der Waals surface area contributed by atoms with E-state index in [1.165, 1.54) is 0 Å². The lowest BCUT2D eigenvalue weighted by molar-refractivity contribution is 0.130.